The zero-order chi connectivity index (χ0) is 23.3. The molecule has 1 aliphatic carbocycles. The maximum atomic E-state index is 11.2. The van der Waals surface area contributed by atoms with E-state index in [1.54, 1.807) is 0 Å². The topological polar surface area (TPSA) is 94.3 Å². The predicted molar refractivity (Wildman–Crippen MR) is 126 cm³/mol. The minimum absolute atomic E-state index is 0.130. The summed E-state index contributed by atoms with van der Waals surface area (Å²) in [5.41, 5.74) is 0.687. The van der Waals surface area contributed by atoms with Gasteiger partial charge in [-0.2, -0.15) is 0 Å². The van der Waals surface area contributed by atoms with Crippen LogP contribution >= 0.6 is 0 Å². The Morgan fingerprint density at radius 1 is 1.03 bits per heavy atom. The zero-order valence-electron chi connectivity index (χ0n) is 19.8. The second kappa shape index (κ2) is 11.0. The Balaban J connectivity index is 1.10. The van der Waals surface area contributed by atoms with E-state index >= 15 is 0 Å². The number of piperidine rings is 1. The molecule has 3 aliphatic rings. The molecule has 34 heavy (non-hydrogen) atoms. The van der Waals surface area contributed by atoms with E-state index in [4.69, 9.17) is 18.7 Å². The van der Waals surface area contributed by atoms with Crippen LogP contribution in [0, 0.1) is 17.8 Å². The number of aliphatic carboxylic acids is 1. The Morgan fingerprint density at radius 2 is 1.79 bits per heavy atom. The number of carboxylic acid groups (broad SMARTS) is 1. The van der Waals surface area contributed by atoms with Crippen molar-refractivity contribution in [1.29, 1.82) is 0 Å². The lowest BCUT2D eigenvalue weighted by Gasteiger charge is -2.36. The van der Waals surface area contributed by atoms with Crippen molar-refractivity contribution in [2.24, 2.45) is 17.8 Å². The number of likely N-dealkylation sites (tertiary alicyclic amines) is 1. The van der Waals surface area contributed by atoms with Gasteiger partial charge in [0, 0.05) is 19.4 Å². The zero-order valence-corrected chi connectivity index (χ0v) is 19.8. The molecule has 1 N–H and O–H groups in total. The monoisotopic (exact) mass is 472 g/mol. The maximum Gasteiger partial charge on any atom is 0.306 e. The molecule has 0 radical (unpaired) electrons. The van der Waals surface area contributed by atoms with Crippen molar-refractivity contribution in [1.82, 2.24) is 10.1 Å². The molecule has 8 nitrogen and oxygen atoms in total. The summed E-state index contributed by atoms with van der Waals surface area (Å²) in [6.45, 7) is 5.34. The molecule has 3 fully saturated rings. The van der Waals surface area contributed by atoms with Crippen LogP contribution in [-0.2, 0) is 9.53 Å². The molecule has 0 amide bonds. The molecule has 1 aromatic carbocycles. The summed E-state index contributed by atoms with van der Waals surface area (Å²) < 4.78 is 23.4. The SMILES string of the molecule is O=C(O)C1CCC(CN2CCC(COc3noc4cccc(OC5CCOCC5)c34)CC2)CC1. The summed E-state index contributed by atoms with van der Waals surface area (Å²) in [7, 11) is 0. The molecule has 0 atom stereocenters. The lowest BCUT2D eigenvalue weighted by atomic mass is 9.81. The quantitative estimate of drug-likeness (QED) is 0.605. The van der Waals surface area contributed by atoms with Crippen molar-refractivity contribution in [2.75, 3.05) is 39.5 Å². The van der Waals surface area contributed by atoms with Crippen LogP contribution in [0.15, 0.2) is 22.7 Å². The van der Waals surface area contributed by atoms with Crippen LogP contribution in [0.5, 0.6) is 11.6 Å². The highest BCUT2D eigenvalue weighted by atomic mass is 16.5. The lowest BCUT2D eigenvalue weighted by Crippen LogP contribution is -2.39. The van der Waals surface area contributed by atoms with Gasteiger partial charge in [0.25, 0.3) is 5.88 Å². The third-order valence-corrected chi connectivity index (χ3v) is 7.77. The number of rotatable bonds is 8. The van der Waals surface area contributed by atoms with E-state index in [1.165, 1.54) is 0 Å². The van der Waals surface area contributed by atoms with Gasteiger partial charge in [0.05, 0.1) is 25.7 Å². The molecule has 1 aromatic heterocycles. The Labute approximate surface area is 200 Å². The Kier molecular flexibility index (Phi) is 7.54. The van der Waals surface area contributed by atoms with E-state index in [-0.39, 0.29) is 12.0 Å². The smallest absolute Gasteiger partial charge is 0.306 e. The van der Waals surface area contributed by atoms with Crippen molar-refractivity contribution < 1.29 is 28.6 Å². The standard InChI is InChI=1S/C26H36N2O6/c29-26(30)20-6-4-18(5-7-20)16-28-12-8-19(9-13-28)17-32-25-24-22(2-1-3-23(24)34-27-25)33-21-10-14-31-15-11-21/h1-3,18-21H,4-17H2,(H,29,30). The summed E-state index contributed by atoms with van der Waals surface area (Å²) in [4.78, 5) is 13.7. The predicted octanol–water partition coefficient (Wildman–Crippen LogP) is 4.37. The van der Waals surface area contributed by atoms with Gasteiger partial charge in [-0.15, -0.1) is 0 Å². The second-order valence-electron chi connectivity index (χ2n) is 10.2. The average Bonchev–Trinajstić information content (AvgIpc) is 3.29. The van der Waals surface area contributed by atoms with E-state index in [1.807, 2.05) is 18.2 Å². The van der Waals surface area contributed by atoms with Crippen molar-refractivity contribution in [3.8, 4) is 11.6 Å². The summed E-state index contributed by atoms with van der Waals surface area (Å²) in [5.74, 6) is 1.67. The number of ether oxygens (including phenoxy) is 3. The van der Waals surface area contributed by atoms with Crippen molar-refractivity contribution in [2.45, 2.75) is 57.5 Å². The van der Waals surface area contributed by atoms with Gasteiger partial charge in [0.2, 0.25) is 0 Å². The maximum absolute atomic E-state index is 11.2. The van der Waals surface area contributed by atoms with Crippen molar-refractivity contribution in [3.05, 3.63) is 18.2 Å². The molecule has 186 valence electrons. The number of carboxylic acids is 1. The van der Waals surface area contributed by atoms with Crippen LogP contribution in [-0.4, -0.2) is 66.7 Å². The Morgan fingerprint density at radius 3 is 2.53 bits per heavy atom. The molecule has 3 heterocycles. The number of fused-ring (bicyclic) bond motifs is 1. The van der Waals surface area contributed by atoms with Gasteiger partial charge in [0.15, 0.2) is 5.58 Å². The van der Waals surface area contributed by atoms with E-state index in [0.717, 1.165) is 95.4 Å². The first-order valence-electron chi connectivity index (χ1n) is 12.9. The van der Waals surface area contributed by atoms with Gasteiger partial charge in [-0.3, -0.25) is 4.79 Å². The Hall–Kier alpha value is -2.32. The number of hydrogen-bond donors (Lipinski definition) is 1. The Bertz CT molecular complexity index is 940. The number of carbonyl (C=O) groups is 1. The fourth-order valence-electron chi connectivity index (χ4n) is 5.59. The third-order valence-electron chi connectivity index (χ3n) is 7.77. The summed E-state index contributed by atoms with van der Waals surface area (Å²) in [6, 6.07) is 5.79. The van der Waals surface area contributed by atoms with E-state index in [0.29, 0.717) is 29.9 Å². The van der Waals surface area contributed by atoms with Gasteiger partial charge in [-0.25, -0.2) is 0 Å². The van der Waals surface area contributed by atoms with Crippen LogP contribution < -0.4 is 9.47 Å². The number of hydrogen-bond acceptors (Lipinski definition) is 7. The largest absolute Gasteiger partial charge is 0.489 e. The minimum atomic E-state index is -0.624. The van der Waals surface area contributed by atoms with Gasteiger partial charge in [-0.1, -0.05) is 6.07 Å². The molecular formula is C26H36N2O6. The molecule has 2 aliphatic heterocycles. The third kappa shape index (κ3) is 5.66. The first kappa shape index (κ1) is 23.4. The number of nitrogens with zero attached hydrogens (tertiary/aromatic N) is 2. The molecule has 5 rings (SSSR count). The van der Waals surface area contributed by atoms with Crippen LogP contribution in [0.2, 0.25) is 0 Å². The van der Waals surface area contributed by atoms with E-state index in [2.05, 4.69) is 10.1 Å². The number of benzene rings is 1. The molecule has 0 bridgehead atoms. The fraction of sp³-hybridized carbons (Fsp3) is 0.692. The van der Waals surface area contributed by atoms with E-state index in [9.17, 15) is 9.90 Å². The van der Waals surface area contributed by atoms with Crippen LogP contribution in [0.1, 0.15) is 51.4 Å². The van der Waals surface area contributed by atoms with Crippen LogP contribution in [0.4, 0.5) is 0 Å². The average molecular weight is 473 g/mol. The summed E-state index contributed by atoms with van der Waals surface area (Å²) in [5, 5.41) is 14.2. The van der Waals surface area contributed by atoms with Crippen molar-refractivity contribution >= 4 is 16.9 Å². The lowest BCUT2D eigenvalue weighted by molar-refractivity contribution is -0.143. The molecule has 0 spiro atoms. The first-order chi connectivity index (χ1) is 16.7. The second-order valence-corrected chi connectivity index (χ2v) is 10.2. The summed E-state index contributed by atoms with van der Waals surface area (Å²) >= 11 is 0. The molecule has 2 saturated heterocycles. The minimum Gasteiger partial charge on any atom is -0.489 e. The van der Waals surface area contributed by atoms with Gasteiger partial charge in [-0.05, 0) is 80.7 Å². The molecule has 8 heteroatoms. The molecule has 2 aromatic rings. The van der Waals surface area contributed by atoms with Gasteiger partial charge >= 0.3 is 5.97 Å². The molecular weight excluding hydrogens is 436 g/mol. The molecule has 0 unspecified atom stereocenters. The van der Waals surface area contributed by atoms with Crippen LogP contribution in [0.25, 0.3) is 11.0 Å². The normalized spacial score (nSPS) is 25.4. The van der Waals surface area contributed by atoms with E-state index < -0.39 is 5.97 Å². The summed E-state index contributed by atoms with van der Waals surface area (Å²) in [6.07, 6.45) is 7.86. The van der Waals surface area contributed by atoms with Crippen molar-refractivity contribution in [3.63, 3.8) is 0 Å². The van der Waals surface area contributed by atoms with Gasteiger partial charge in [0.1, 0.15) is 17.2 Å². The fourth-order valence-corrected chi connectivity index (χ4v) is 5.59. The highest BCUT2D eigenvalue weighted by Crippen LogP contribution is 2.36. The first-order valence-corrected chi connectivity index (χ1v) is 12.9. The highest BCUT2D eigenvalue weighted by molar-refractivity contribution is 5.88. The number of aromatic nitrogens is 1. The highest BCUT2D eigenvalue weighted by Gasteiger charge is 2.29. The molecule has 1 saturated carbocycles. The van der Waals surface area contributed by atoms with Crippen LogP contribution in [0.3, 0.4) is 0 Å². The van der Waals surface area contributed by atoms with Gasteiger partial charge < -0.3 is 28.7 Å².